The van der Waals surface area contributed by atoms with Crippen molar-refractivity contribution in [3.8, 4) is 0 Å². The van der Waals surface area contributed by atoms with Gasteiger partial charge in [-0.2, -0.15) is 5.10 Å². The summed E-state index contributed by atoms with van der Waals surface area (Å²) >= 11 is 0. The van der Waals surface area contributed by atoms with Crippen LogP contribution in [0.3, 0.4) is 0 Å². The second-order valence-corrected chi connectivity index (χ2v) is 6.90. The van der Waals surface area contributed by atoms with E-state index in [1.54, 1.807) is 18.0 Å². The molecule has 0 unspecified atom stereocenters. The van der Waals surface area contributed by atoms with Gasteiger partial charge in [0, 0.05) is 18.1 Å². The number of amides is 1. The molecule has 1 amide bonds. The Labute approximate surface area is 168 Å². The molecule has 5 heteroatoms. The fourth-order valence-electron chi connectivity index (χ4n) is 3.44. The zero-order valence-corrected chi connectivity index (χ0v) is 16.2. The molecule has 4 rings (SSSR count). The maximum Gasteiger partial charge on any atom is 0.274 e. The van der Waals surface area contributed by atoms with Crippen molar-refractivity contribution in [3.63, 3.8) is 0 Å². The minimum atomic E-state index is -0.166. The average Bonchev–Trinajstić information content (AvgIpc) is 2.77. The molecule has 0 spiro atoms. The van der Waals surface area contributed by atoms with Gasteiger partial charge < -0.3 is 4.90 Å². The van der Waals surface area contributed by atoms with E-state index in [4.69, 9.17) is 0 Å². The number of hydrogen-bond acceptors (Lipinski definition) is 3. The summed E-state index contributed by atoms with van der Waals surface area (Å²) < 4.78 is 1.30. The highest BCUT2D eigenvalue weighted by Crippen LogP contribution is 2.20. The molecule has 5 nitrogen and oxygen atoms in total. The Kier molecular flexibility index (Phi) is 5.20. The SMILES string of the molecule is Cn1nc(CC(=O)N(Cc2ccccc2)c2ccccc2)c2ccccc2c1=O. The van der Waals surface area contributed by atoms with Crippen LogP contribution in [0.15, 0.2) is 89.7 Å². The maximum absolute atomic E-state index is 13.4. The largest absolute Gasteiger partial charge is 0.308 e. The number of aryl methyl sites for hydroxylation is 1. The molecular weight excluding hydrogens is 362 g/mol. The molecule has 0 atom stereocenters. The van der Waals surface area contributed by atoms with Crippen molar-refractivity contribution in [1.82, 2.24) is 9.78 Å². The molecule has 0 saturated heterocycles. The lowest BCUT2D eigenvalue weighted by Crippen LogP contribution is -2.33. The summed E-state index contributed by atoms with van der Waals surface area (Å²) in [6, 6.07) is 26.8. The topological polar surface area (TPSA) is 55.2 Å². The van der Waals surface area contributed by atoms with E-state index in [0.717, 1.165) is 16.6 Å². The summed E-state index contributed by atoms with van der Waals surface area (Å²) in [5.74, 6) is -0.0728. The van der Waals surface area contributed by atoms with Crippen molar-refractivity contribution in [3.05, 3.63) is 107 Å². The molecule has 1 heterocycles. The smallest absolute Gasteiger partial charge is 0.274 e. The third-order valence-corrected chi connectivity index (χ3v) is 4.90. The van der Waals surface area contributed by atoms with E-state index in [0.29, 0.717) is 17.6 Å². The predicted octanol–water partition coefficient (Wildman–Crippen LogP) is 3.71. The van der Waals surface area contributed by atoms with Crippen LogP contribution >= 0.6 is 0 Å². The van der Waals surface area contributed by atoms with Gasteiger partial charge in [-0.3, -0.25) is 9.59 Å². The second kappa shape index (κ2) is 8.10. The van der Waals surface area contributed by atoms with Crippen molar-refractivity contribution >= 4 is 22.4 Å². The Balaban J connectivity index is 1.71. The van der Waals surface area contributed by atoms with Crippen LogP contribution in [0.1, 0.15) is 11.3 Å². The lowest BCUT2D eigenvalue weighted by molar-refractivity contribution is -0.118. The fourth-order valence-corrected chi connectivity index (χ4v) is 3.44. The van der Waals surface area contributed by atoms with Gasteiger partial charge in [0.25, 0.3) is 5.56 Å². The molecule has 3 aromatic carbocycles. The number of benzene rings is 3. The van der Waals surface area contributed by atoms with E-state index in [9.17, 15) is 9.59 Å². The highest BCUT2D eigenvalue weighted by Gasteiger charge is 2.19. The predicted molar refractivity (Wildman–Crippen MR) is 115 cm³/mol. The molecule has 0 aliphatic carbocycles. The summed E-state index contributed by atoms with van der Waals surface area (Å²) in [7, 11) is 1.61. The average molecular weight is 383 g/mol. The minimum absolute atomic E-state index is 0.0728. The monoisotopic (exact) mass is 383 g/mol. The molecule has 0 bridgehead atoms. The van der Waals surface area contributed by atoms with E-state index in [2.05, 4.69) is 5.10 Å². The lowest BCUT2D eigenvalue weighted by Gasteiger charge is -2.23. The molecule has 0 radical (unpaired) electrons. The van der Waals surface area contributed by atoms with Crippen molar-refractivity contribution in [2.75, 3.05) is 4.90 Å². The summed E-state index contributed by atoms with van der Waals surface area (Å²) in [5, 5.41) is 5.67. The molecular formula is C24H21N3O2. The fraction of sp³-hybridized carbons (Fsp3) is 0.125. The van der Waals surface area contributed by atoms with Gasteiger partial charge in [0.2, 0.25) is 5.91 Å². The van der Waals surface area contributed by atoms with Gasteiger partial charge in [-0.1, -0.05) is 66.7 Å². The molecule has 1 aromatic heterocycles. The first-order valence-corrected chi connectivity index (χ1v) is 9.48. The van der Waals surface area contributed by atoms with Gasteiger partial charge in [-0.05, 0) is 23.8 Å². The van der Waals surface area contributed by atoms with Gasteiger partial charge >= 0.3 is 0 Å². The van der Waals surface area contributed by atoms with Crippen LogP contribution in [-0.4, -0.2) is 15.7 Å². The standard InChI is InChI=1S/C24H21N3O2/c1-26-24(29)21-15-9-8-14-20(21)22(25-26)16-23(28)27(19-12-6-3-7-13-19)17-18-10-4-2-5-11-18/h2-15H,16-17H2,1H3. The van der Waals surface area contributed by atoms with Crippen LogP contribution < -0.4 is 10.5 Å². The zero-order valence-electron chi connectivity index (χ0n) is 16.2. The van der Waals surface area contributed by atoms with Crippen molar-refractivity contribution < 1.29 is 4.79 Å². The molecule has 29 heavy (non-hydrogen) atoms. The van der Waals surface area contributed by atoms with E-state index in [1.165, 1.54) is 4.68 Å². The number of anilines is 1. The van der Waals surface area contributed by atoms with E-state index in [1.807, 2.05) is 78.9 Å². The Hall–Kier alpha value is -3.73. The van der Waals surface area contributed by atoms with E-state index in [-0.39, 0.29) is 17.9 Å². The van der Waals surface area contributed by atoms with Gasteiger partial charge in [-0.25, -0.2) is 4.68 Å². The van der Waals surface area contributed by atoms with E-state index >= 15 is 0 Å². The van der Waals surface area contributed by atoms with Gasteiger partial charge in [0.1, 0.15) is 0 Å². The third kappa shape index (κ3) is 3.94. The number of nitrogens with zero attached hydrogens (tertiary/aromatic N) is 3. The normalized spacial score (nSPS) is 10.8. The molecule has 0 saturated carbocycles. The van der Waals surface area contributed by atoms with Crippen molar-refractivity contribution in [1.29, 1.82) is 0 Å². The number of carbonyl (C=O) groups excluding carboxylic acids is 1. The van der Waals surface area contributed by atoms with Crippen molar-refractivity contribution in [2.24, 2.45) is 7.05 Å². The van der Waals surface area contributed by atoms with E-state index < -0.39 is 0 Å². The van der Waals surface area contributed by atoms with Gasteiger partial charge in [0.05, 0.1) is 24.0 Å². The van der Waals surface area contributed by atoms with Crippen LogP contribution in [-0.2, 0) is 24.8 Å². The Morgan fingerprint density at radius 2 is 1.45 bits per heavy atom. The molecule has 0 N–H and O–H groups in total. The number of hydrogen-bond donors (Lipinski definition) is 0. The Morgan fingerprint density at radius 1 is 0.862 bits per heavy atom. The Bertz CT molecular complexity index is 1200. The summed E-state index contributed by atoms with van der Waals surface area (Å²) in [5.41, 5.74) is 2.31. The number of aromatic nitrogens is 2. The Morgan fingerprint density at radius 3 is 2.14 bits per heavy atom. The number of para-hydroxylation sites is 1. The van der Waals surface area contributed by atoms with Crippen LogP contribution in [0.5, 0.6) is 0 Å². The number of fused-ring (bicyclic) bond motifs is 1. The van der Waals surface area contributed by atoms with Crippen molar-refractivity contribution in [2.45, 2.75) is 13.0 Å². The highest BCUT2D eigenvalue weighted by molar-refractivity contribution is 5.97. The molecule has 4 aromatic rings. The third-order valence-electron chi connectivity index (χ3n) is 4.90. The first-order chi connectivity index (χ1) is 14.1. The summed E-state index contributed by atoms with van der Waals surface area (Å²) in [4.78, 5) is 27.5. The first-order valence-electron chi connectivity index (χ1n) is 9.48. The van der Waals surface area contributed by atoms with Crippen LogP contribution in [0.2, 0.25) is 0 Å². The zero-order chi connectivity index (χ0) is 20.2. The van der Waals surface area contributed by atoms with Gasteiger partial charge in [-0.15, -0.1) is 0 Å². The molecule has 0 aliphatic heterocycles. The summed E-state index contributed by atoms with van der Waals surface area (Å²) in [6.07, 6.45) is 0.108. The van der Waals surface area contributed by atoms with Gasteiger partial charge in [0.15, 0.2) is 0 Å². The van der Waals surface area contributed by atoms with Crippen LogP contribution in [0.4, 0.5) is 5.69 Å². The number of rotatable bonds is 5. The highest BCUT2D eigenvalue weighted by atomic mass is 16.2. The lowest BCUT2D eigenvalue weighted by atomic mass is 10.1. The molecule has 0 aliphatic rings. The summed E-state index contributed by atoms with van der Waals surface area (Å²) in [6.45, 7) is 0.466. The second-order valence-electron chi connectivity index (χ2n) is 6.90. The molecule has 0 fully saturated rings. The first kappa shape index (κ1) is 18.6. The quantitative estimate of drug-likeness (QED) is 0.528. The van der Waals surface area contributed by atoms with Crippen LogP contribution in [0, 0.1) is 0 Å². The van der Waals surface area contributed by atoms with Crippen LogP contribution in [0.25, 0.3) is 10.8 Å². The number of carbonyl (C=O) groups is 1. The minimum Gasteiger partial charge on any atom is -0.308 e. The molecule has 144 valence electrons. The maximum atomic E-state index is 13.4.